The lowest BCUT2D eigenvalue weighted by atomic mass is 10.1. The summed E-state index contributed by atoms with van der Waals surface area (Å²) < 4.78 is 5.35. The Morgan fingerprint density at radius 3 is 2.81 bits per heavy atom. The molecule has 0 fully saturated rings. The average molecular weight is 302 g/mol. The fraction of sp³-hybridized carbons (Fsp3) is 0.333. The van der Waals surface area contributed by atoms with E-state index >= 15 is 0 Å². The highest BCUT2D eigenvalue weighted by atomic mass is 32.2. The van der Waals surface area contributed by atoms with Crippen molar-refractivity contribution >= 4 is 23.3 Å². The quantitative estimate of drug-likeness (QED) is 0.865. The molecule has 1 aliphatic heterocycles. The number of ether oxygens (including phenoxy) is 1. The van der Waals surface area contributed by atoms with Crippen molar-refractivity contribution in [1.29, 1.82) is 0 Å². The molecule has 1 aliphatic rings. The van der Waals surface area contributed by atoms with Crippen molar-refractivity contribution in [3.8, 4) is 0 Å². The minimum Gasteiger partial charge on any atom is -0.364 e. The number of hydrogen-bond donors (Lipinski definition) is 0. The second-order valence-corrected chi connectivity index (χ2v) is 6.20. The Labute approximate surface area is 129 Å². The van der Waals surface area contributed by atoms with Crippen LogP contribution in [0.25, 0.3) is 0 Å². The van der Waals surface area contributed by atoms with Crippen LogP contribution in [0.3, 0.4) is 0 Å². The Bertz CT molecular complexity index is 647. The predicted molar refractivity (Wildman–Crippen MR) is 84.0 cm³/mol. The first-order valence-corrected chi connectivity index (χ1v) is 7.53. The topological polar surface area (TPSA) is 41.5 Å². The van der Waals surface area contributed by atoms with Gasteiger partial charge in [-0.1, -0.05) is 17.8 Å². The second kappa shape index (κ2) is 6.01. The van der Waals surface area contributed by atoms with E-state index in [1.165, 1.54) is 10.5 Å². The molecule has 0 N–H and O–H groups in total. The third kappa shape index (κ3) is 2.88. The van der Waals surface area contributed by atoms with Crippen LogP contribution in [0.5, 0.6) is 0 Å². The highest BCUT2D eigenvalue weighted by Gasteiger charge is 2.25. The Morgan fingerprint density at radius 2 is 2.05 bits per heavy atom. The van der Waals surface area contributed by atoms with E-state index in [1.54, 1.807) is 31.3 Å². The molecule has 0 amide bonds. The van der Waals surface area contributed by atoms with Gasteiger partial charge in [0, 0.05) is 30.9 Å². The molecule has 0 saturated carbocycles. The van der Waals surface area contributed by atoms with Gasteiger partial charge in [-0.3, -0.25) is 4.90 Å². The molecule has 5 nitrogen and oxygen atoms in total. The summed E-state index contributed by atoms with van der Waals surface area (Å²) in [6, 6.07) is 6.52. The van der Waals surface area contributed by atoms with Crippen LogP contribution >= 0.6 is 11.8 Å². The van der Waals surface area contributed by atoms with Crippen molar-refractivity contribution < 1.29 is 4.74 Å². The van der Waals surface area contributed by atoms with Crippen molar-refractivity contribution in [2.75, 3.05) is 32.8 Å². The molecule has 21 heavy (non-hydrogen) atoms. The molecule has 3 rings (SSSR count). The lowest BCUT2D eigenvalue weighted by Gasteiger charge is -2.30. The molecule has 0 unspecified atom stereocenters. The Kier molecular flexibility index (Phi) is 4.10. The summed E-state index contributed by atoms with van der Waals surface area (Å²) >= 11 is 1.66. The molecule has 0 spiro atoms. The van der Waals surface area contributed by atoms with Crippen LogP contribution < -0.4 is 4.90 Å². The van der Waals surface area contributed by atoms with E-state index in [9.17, 15) is 0 Å². The van der Waals surface area contributed by atoms with Crippen LogP contribution in [0.15, 0.2) is 40.5 Å². The summed E-state index contributed by atoms with van der Waals surface area (Å²) in [7, 11) is 5.84. The van der Waals surface area contributed by atoms with E-state index in [-0.39, 0.29) is 0 Å². The van der Waals surface area contributed by atoms with E-state index in [4.69, 9.17) is 4.74 Å². The second-order valence-electron chi connectivity index (χ2n) is 5.17. The minimum absolute atomic E-state index is 0.463. The van der Waals surface area contributed by atoms with Crippen LogP contribution in [0, 0.1) is 0 Å². The molecule has 110 valence electrons. The summed E-state index contributed by atoms with van der Waals surface area (Å²) in [5.74, 6) is 0.860. The molecule has 0 atom stereocenters. The fourth-order valence-electron chi connectivity index (χ4n) is 2.38. The number of fused-ring (bicyclic) bond motifs is 2. The van der Waals surface area contributed by atoms with E-state index in [1.807, 2.05) is 0 Å². The third-order valence-corrected chi connectivity index (χ3v) is 4.23. The Morgan fingerprint density at radius 1 is 1.24 bits per heavy atom. The molecular weight excluding hydrogens is 284 g/mol. The van der Waals surface area contributed by atoms with Crippen LogP contribution in [0.1, 0.15) is 5.56 Å². The molecule has 0 aliphatic carbocycles. The average Bonchev–Trinajstić information content (AvgIpc) is 2.47. The zero-order chi connectivity index (χ0) is 14.8. The summed E-state index contributed by atoms with van der Waals surface area (Å²) in [6.07, 6.45) is 3.44. The first-order valence-electron chi connectivity index (χ1n) is 6.72. The molecule has 2 aromatic rings. The maximum absolute atomic E-state index is 5.35. The van der Waals surface area contributed by atoms with Crippen molar-refractivity contribution in [3.05, 3.63) is 36.2 Å². The minimum atomic E-state index is 0.463. The molecule has 0 radical (unpaired) electrons. The largest absolute Gasteiger partial charge is 0.364 e. The molecule has 0 saturated heterocycles. The van der Waals surface area contributed by atoms with Gasteiger partial charge in [-0.15, -0.1) is 0 Å². The van der Waals surface area contributed by atoms with Crippen LogP contribution in [-0.2, 0) is 11.3 Å². The van der Waals surface area contributed by atoms with Crippen LogP contribution in [-0.4, -0.2) is 42.8 Å². The number of benzene rings is 1. The van der Waals surface area contributed by atoms with Crippen molar-refractivity contribution in [2.24, 2.45) is 0 Å². The summed E-state index contributed by atoms with van der Waals surface area (Å²) in [4.78, 5) is 14.3. The monoisotopic (exact) mass is 302 g/mol. The van der Waals surface area contributed by atoms with Gasteiger partial charge in [0.05, 0.1) is 5.69 Å². The van der Waals surface area contributed by atoms with Gasteiger partial charge in [0.15, 0.2) is 5.82 Å². The molecular formula is C15H18N4OS. The van der Waals surface area contributed by atoms with E-state index in [0.717, 1.165) is 23.1 Å². The normalized spacial score (nSPS) is 13.2. The molecule has 2 heterocycles. The zero-order valence-electron chi connectivity index (χ0n) is 12.4. The lowest BCUT2D eigenvalue weighted by Crippen LogP contribution is -2.25. The van der Waals surface area contributed by atoms with Crippen LogP contribution in [0.2, 0.25) is 0 Å². The van der Waals surface area contributed by atoms with E-state index in [0.29, 0.717) is 6.73 Å². The molecule has 1 aromatic heterocycles. The van der Waals surface area contributed by atoms with Crippen molar-refractivity contribution in [1.82, 2.24) is 14.9 Å². The molecule has 6 heteroatoms. The maximum Gasteiger partial charge on any atom is 0.168 e. The van der Waals surface area contributed by atoms with Gasteiger partial charge in [-0.25, -0.2) is 9.97 Å². The van der Waals surface area contributed by atoms with Crippen molar-refractivity contribution in [3.63, 3.8) is 0 Å². The highest BCUT2D eigenvalue weighted by Crippen LogP contribution is 2.46. The van der Waals surface area contributed by atoms with Crippen LogP contribution in [0.4, 0.5) is 11.5 Å². The van der Waals surface area contributed by atoms with Gasteiger partial charge in [0.2, 0.25) is 0 Å². The van der Waals surface area contributed by atoms with E-state index in [2.05, 4.69) is 52.1 Å². The van der Waals surface area contributed by atoms with E-state index < -0.39 is 0 Å². The number of methoxy groups -OCH3 is 1. The first kappa shape index (κ1) is 14.3. The SMILES string of the molecule is COCN1c2cc(CN(C)C)ccc2Sc2nccnc21. The first-order chi connectivity index (χ1) is 10.2. The Hall–Kier alpha value is -1.63. The smallest absolute Gasteiger partial charge is 0.168 e. The third-order valence-electron chi connectivity index (χ3n) is 3.18. The predicted octanol–water partition coefficient (Wildman–Crippen LogP) is 2.74. The van der Waals surface area contributed by atoms with Gasteiger partial charge in [0.25, 0.3) is 0 Å². The van der Waals surface area contributed by atoms with Gasteiger partial charge >= 0.3 is 0 Å². The maximum atomic E-state index is 5.35. The number of nitrogens with zero attached hydrogens (tertiary/aromatic N) is 4. The zero-order valence-corrected chi connectivity index (χ0v) is 13.2. The molecule has 0 bridgehead atoms. The summed E-state index contributed by atoms with van der Waals surface area (Å²) in [6.45, 7) is 1.37. The standard InChI is InChI=1S/C15H18N4OS/c1-18(2)9-11-4-5-13-12(8-11)19(10-20-3)14-15(21-13)17-7-6-16-14/h4-8H,9-10H2,1-3H3. The van der Waals surface area contributed by atoms with Gasteiger partial charge in [-0.05, 0) is 31.8 Å². The van der Waals surface area contributed by atoms with Crippen molar-refractivity contribution in [2.45, 2.75) is 16.5 Å². The summed E-state index contributed by atoms with van der Waals surface area (Å²) in [5, 5.41) is 0.919. The summed E-state index contributed by atoms with van der Waals surface area (Å²) in [5.41, 5.74) is 2.40. The van der Waals surface area contributed by atoms with Gasteiger partial charge < -0.3 is 9.64 Å². The number of anilines is 2. The van der Waals surface area contributed by atoms with Gasteiger partial charge in [-0.2, -0.15) is 0 Å². The Balaban J connectivity index is 2.04. The molecule has 1 aromatic carbocycles. The number of hydrogen-bond acceptors (Lipinski definition) is 6. The van der Waals surface area contributed by atoms with Gasteiger partial charge in [0.1, 0.15) is 11.8 Å². The number of aromatic nitrogens is 2. The lowest BCUT2D eigenvalue weighted by molar-refractivity contribution is 0.204. The highest BCUT2D eigenvalue weighted by molar-refractivity contribution is 7.99. The fourth-order valence-corrected chi connectivity index (χ4v) is 3.36. The number of rotatable bonds is 4.